The molecular formula is C12H19NO3. The average molecular weight is 225 g/mol. The van der Waals surface area contributed by atoms with Crippen molar-refractivity contribution in [3.8, 4) is 0 Å². The number of ether oxygens (including phenoxy) is 1. The van der Waals surface area contributed by atoms with Crippen LogP contribution in [0, 0.1) is 0 Å². The first kappa shape index (κ1) is 11.5. The summed E-state index contributed by atoms with van der Waals surface area (Å²) in [6.07, 6.45) is 7.05. The molecule has 0 N–H and O–H groups in total. The van der Waals surface area contributed by atoms with Gasteiger partial charge in [0.25, 0.3) is 0 Å². The van der Waals surface area contributed by atoms with Crippen molar-refractivity contribution in [1.82, 2.24) is 5.06 Å². The SMILES string of the molecule is CCOC(=O)C1=CON(C)C12CCCCC2. The van der Waals surface area contributed by atoms with Gasteiger partial charge in [-0.15, -0.1) is 5.06 Å². The lowest BCUT2D eigenvalue weighted by atomic mass is 9.77. The van der Waals surface area contributed by atoms with E-state index in [9.17, 15) is 4.79 Å². The molecule has 2 rings (SSSR count). The quantitative estimate of drug-likeness (QED) is 0.674. The monoisotopic (exact) mass is 225 g/mol. The van der Waals surface area contributed by atoms with Crippen molar-refractivity contribution in [2.45, 2.75) is 44.6 Å². The highest BCUT2D eigenvalue weighted by molar-refractivity contribution is 5.91. The van der Waals surface area contributed by atoms with Crippen LogP contribution in [0.5, 0.6) is 0 Å². The number of hydrogen-bond acceptors (Lipinski definition) is 4. The van der Waals surface area contributed by atoms with E-state index in [1.807, 2.05) is 19.0 Å². The van der Waals surface area contributed by atoms with E-state index in [4.69, 9.17) is 9.57 Å². The minimum absolute atomic E-state index is 0.228. The maximum absolute atomic E-state index is 11.9. The summed E-state index contributed by atoms with van der Waals surface area (Å²) in [5.74, 6) is -0.228. The lowest BCUT2D eigenvalue weighted by molar-refractivity contribution is -0.147. The second-order valence-corrected chi connectivity index (χ2v) is 4.45. The van der Waals surface area contributed by atoms with Crippen LogP contribution in [-0.4, -0.2) is 30.2 Å². The minimum Gasteiger partial charge on any atom is -0.462 e. The first-order chi connectivity index (χ1) is 7.70. The molecular weight excluding hydrogens is 206 g/mol. The second kappa shape index (κ2) is 4.45. The molecule has 16 heavy (non-hydrogen) atoms. The summed E-state index contributed by atoms with van der Waals surface area (Å²) in [7, 11) is 1.90. The zero-order valence-corrected chi connectivity index (χ0v) is 9.99. The average Bonchev–Trinajstić information content (AvgIpc) is 2.58. The molecule has 0 atom stereocenters. The van der Waals surface area contributed by atoms with Gasteiger partial charge in [0.1, 0.15) is 6.26 Å². The highest BCUT2D eigenvalue weighted by Crippen LogP contribution is 2.42. The second-order valence-electron chi connectivity index (χ2n) is 4.45. The van der Waals surface area contributed by atoms with Crippen LogP contribution < -0.4 is 0 Å². The summed E-state index contributed by atoms with van der Waals surface area (Å²) in [6, 6.07) is 0. The van der Waals surface area contributed by atoms with Crippen molar-refractivity contribution in [1.29, 1.82) is 0 Å². The molecule has 1 spiro atoms. The smallest absolute Gasteiger partial charge is 0.339 e. The Hall–Kier alpha value is -1.03. The molecule has 0 radical (unpaired) electrons. The summed E-state index contributed by atoms with van der Waals surface area (Å²) in [5.41, 5.74) is 0.460. The molecule has 2 aliphatic rings. The van der Waals surface area contributed by atoms with Crippen LogP contribution in [0.4, 0.5) is 0 Å². The van der Waals surface area contributed by atoms with E-state index in [-0.39, 0.29) is 11.5 Å². The zero-order valence-electron chi connectivity index (χ0n) is 9.99. The number of carbonyl (C=O) groups is 1. The Balaban J connectivity index is 2.20. The van der Waals surface area contributed by atoms with Gasteiger partial charge in [-0.1, -0.05) is 19.3 Å². The molecule has 0 aromatic rings. The van der Waals surface area contributed by atoms with Crippen molar-refractivity contribution >= 4 is 5.97 Å². The Kier molecular flexibility index (Phi) is 3.19. The molecule has 0 unspecified atom stereocenters. The Bertz CT molecular complexity index is 305. The number of rotatable bonds is 2. The van der Waals surface area contributed by atoms with E-state index in [0.29, 0.717) is 12.2 Å². The molecule has 1 heterocycles. The van der Waals surface area contributed by atoms with Gasteiger partial charge >= 0.3 is 5.97 Å². The van der Waals surface area contributed by atoms with E-state index in [1.54, 1.807) is 6.26 Å². The Morgan fingerprint density at radius 1 is 1.50 bits per heavy atom. The summed E-state index contributed by atoms with van der Waals surface area (Å²) >= 11 is 0. The fourth-order valence-corrected chi connectivity index (χ4v) is 2.68. The van der Waals surface area contributed by atoms with Gasteiger partial charge in [0.05, 0.1) is 17.7 Å². The first-order valence-corrected chi connectivity index (χ1v) is 5.99. The first-order valence-electron chi connectivity index (χ1n) is 5.99. The van der Waals surface area contributed by atoms with Crippen molar-refractivity contribution < 1.29 is 14.4 Å². The van der Waals surface area contributed by atoms with E-state index in [2.05, 4.69) is 0 Å². The third-order valence-electron chi connectivity index (χ3n) is 3.61. The van der Waals surface area contributed by atoms with Gasteiger partial charge in [-0.3, -0.25) is 0 Å². The zero-order chi connectivity index (χ0) is 11.6. The summed E-state index contributed by atoms with van der Waals surface area (Å²) in [6.45, 7) is 2.24. The van der Waals surface area contributed by atoms with Crippen molar-refractivity contribution in [2.24, 2.45) is 0 Å². The standard InChI is InChI=1S/C12H19NO3/c1-3-15-11(14)10-9-16-13(2)12(10)7-5-4-6-8-12/h9H,3-8H2,1-2H3. The molecule has 0 aromatic heterocycles. The Morgan fingerprint density at radius 2 is 2.19 bits per heavy atom. The lowest BCUT2D eigenvalue weighted by Gasteiger charge is -2.38. The fraction of sp³-hybridized carbons (Fsp3) is 0.750. The van der Waals surface area contributed by atoms with Crippen molar-refractivity contribution in [3.05, 3.63) is 11.8 Å². The third-order valence-corrected chi connectivity index (χ3v) is 3.61. The number of carbonyl (C=O) groups excluding carboxylic acids is 1. The van der Waals surface area contributed by atoms with Crippen molar-refractivity contribution in [2.75, 3.05) is 13.7 Å². The largest absolute Gasteiger partial charge is 0.462 e. The van der Waals surface area contributed by atoms with Gasteiger partial charge in [0, 0.05) is 7.05 Å². The summed E-state index contributed by atoms with van der Waals surface area (Å²) in [5, 5.41) is 1.82. The van der Waals surface area contributed by atoms with E-state index in [0.717, 1.165) is 25.7 Å². The fourth-order valence-electron chi connectivity index (χ4n) is 2.68. The van der Waals surface area contributed by atoms with Crippen LogP contribution in [-0.2, 0) is 14.4 Å². The van der Waals surface area contributed by atoms with Gasteiger partial charge in [-0.25, -0.2) is 4.79 Å². The molecule has 0 bridgehead atoms. The van der Waals surface area contributed by atoms with E-state index >= 15 is 0 Å². The van der Waals surface area contributed by atoms with Gasteiger partial charge in [0.2, 0.25) is 0 Å². The molecule has 4 heteroatoms. The third kappa shape index (κ3) is 1.71. The minimum atomic E-state index is -0.232. The lowest BCUT2D eigenvalue weighted by Crippen LogP contribution is -2.47. The number of hydroxylamine groups is 2. The predicted octanol–water partition coefficient (Wildman–Crippen LogP) is 2.01. The molecule has 1 fully saturated rings. The van der Waals surface area contributed by atoms with Gasteiger partial charge in [-0.05, 0) is 19.8 Å². The molecule has 1 saturated carbocycles. The summed E-state index contributed by atoms with van der Waals surface area (Å²) < 4.78 is 5.09. The number of likely N-dealkylation sites (N-methyl/N-ethyl adjacent to an activating group) is 1. The van der Waals surface area contributed by atoms with Crippen LogP contribution in [0.2, 0.25) is 0 Å². The Labute approximate surface area is 96.2 Å². The molecule has 90 valence electrons. The maximum Gasteiger partial charge on any atom is 0.339 e. The molecule has 4 nitrogen and oxygen atoms in total. The van der Waals surface area contributed by atoms with Gasteiger partial charge < -0.3 is 9.57 Å². The number of hydrogen-bond donors (Lipinski definition) is 0. The Morgan fingerprint density at radius 3 is 2.81 bits per heavy atom. The highest BCUT2D eigenvalue weighted by atomic mass is 16.7. The molecule has 1 aliphatic heterocycles. The van der Waals surface area contributed by atoms with Gasteiger partial charge in [-0.2, -0.15) is 0 Å². The van der Waals surface area contributed by atoms with E-state index < -0.39 is 0 Å². The topological polar surface area (TPSA) is 38.8 Å². The normalized spacial score (nSPS) is 24.0. The number of nitrogens with zero attached hydrogens (tertiary/aromatic N) is 1. The van der Waals surface area contributed by atoms with Crippen LogP contribution in [0.1, 0.15) is 39.0 Å². The van der Waals surface area contributed by atoms with Crippen molar-refractivity contribution in [3.63, 3.8) is 0 Å². The van der Waals surface area contributed by atoms with Gasteiger partial charge in [0.15, 0.2) is 0 Å². The van der Waals surface area contributed by atoms with Crippen LogP contribution >= 0.6 is 0 Å². The molecule has 0 aromatic carbocycles. The van der Waals surface area contributed by atoms with Crippen LogP contribution in [0.25, 0.3) is 0 Å². The highest BCUT2D eigenvalue weighted by Gasteiger charge is 2.48. The molecule has 0 saturated heterocycles. The van der Waals surface area contributed by atoms with Crippen LogP contribution in [0.15, 0.2) is 11.8 Å². The number of esters is 1. The summed E-state index contributed by atoms with van der Waals surface area (Å²) in [4.78, 5) is 17.3. The predicted molar refractivity (Wildman–Crippen MR) is 59.4 cm³/mol. The van der Waals surface area contributed by atoms with Crippen LogP contribution in [0.3, 0.4) is 0 Å². The van der Waals surface area contributed by atoms with E-state index in [1.165, 1.54) is 6.42 Å². The maximum atomic E-state index is 11.9. The molecule has 0 amide bonds. The molecule has 1 aliphatic carbocycles.